The number of imidazole rings is 1. The zero-order valence-corrected chi connectivity index (χ0v) is 18.6. The predicted octanol–water partition coefficient (Wildman–Crippen LogP) is 3.31. The molecule has 0 radical (unpaired) electrons. The van der Waals surface area contributed by atoms with Gasteiger partial charge in [0, 0.05) is 63.4 Å². The van der Waals surface area contributed by atoms with Crippen LogP contribution in [0.2, 0.25) is 0 Å². The molecule has 1 fully saturated rings. The summed E-state index contributed by atoms with van der Waals surface area (Å²) >= 11 is 0. The number of hydrogen-bond donors (Lipinski definition) is 1. The highest BCUT2D eigenvalue weighted by molar-refractivity contribution is 5.94. The maximum absolute atomic E-state index is 12.6. The van der Waals surface area contributed by atoms with E-state index in [9.17, 15) is 9.59 Å². The lowest BCUT2D eigenvalue weighted by Gasteiger charge is -2.27. The van der Waals surface area contributed by atoms with E-state index in [4.69, 9.17) is 4.74 Å². The maximum Gasteiger partial charge on any atom is 0.251 e. The van der Waals surface area contributed by atoms with E-state index >= 15 is 0 Å². The van der Waals surface area contributed by atoms with Crippen LogP contribution in [0.15, 0.2) is 61.1 Å². The van der Waals surface area contributed by atoms with Crippen molar-refractivity contribution in [2.24, 2.45) is 5.92 Å². The molecule has 1 atom stereocenters. The van der Waals surface area contributed by atoms with Crippen molar-refractivity contribution in [3.05, 3.63) is 77.8 Å². The minimum Gasteiger partial charge on any atom is -0.381 e. The minimum absolute atomic E-state index is 0.0995. The van der Waals surface area contributed by atoms with Crippen LogP contribution in [0.25, 0.3) is 11.2 Å². The van der Waals surface area contributed by atoms with Gasteiger partial charge >= 0.3 is 0 Å². The molecule has 170 valence electrons. The fourth-order valence-corrected chi connectivity index (χ4v) is 4.47. The molecule has 0 saturated carbocycles. The number of carbonyl (C=O) groups excluding carboxylic acids is 2. The number of amides is 2. The largest absolute Gasteiger partial charge is 0.381 e. The van der Waals surface area contributed by atoms with Crippen LogP contribution in [-0.4, -0.2) is 52.4 Å². The molecule has 5 rings (SSSR count). The summed E-state index contributed by atoms with van der Waals surface area (Å²) in [6, 6.07) is 11.6. The Morgan fingerprint density at radius 3 is 2.79 bits per heavy atom. The fourth-order valence-electron chi connectivity index (χ4n) is 4.47. The van der Waals surface area contributed by atoms with E-state index in [1.54, 1.807) is 6.20 Å². The molecule has 33 heavy (non-hydrogen) atoms. The summed E-state index contributed by atoms with van der Waals surface area (Å²) in [4.78, 5) is 31.3. The van der Waals surface area contributed by atoms with Gasteiger partial charge in [0.05, 0.1) is 0 Å². The molecule has 2 aliphatic rings. The third-order valence-electron chi connectivity index (χ3n) is 6.47. The molecule has 1 saturated heterocycles. The summed E-state index contributed by atoms with van der Waals surface area (Å²) in [6.45, 7) is 3.32. The molecule has 0 bridgehead atoms. The lowest BCUT2D eigenvalue weighted by Crippen LogP contribution is -2.35. The van der Waals surface area contributed by atoms with Crippen molar-refractivity contribution in [1.29, 1.82) is 0 Å². The number of fused-ring (bicyclic) bond motifs is 1. The molecule has 2 aliphatic heterocycles. The van der Waals surface area contributed by atoms with Crippen molar-refractivity contribution in [1.82, 2.24) is 19.6 Å². The highest BCUT2D eigenvalue weighted by Crippen LogP contribution is 2.24. The van der Waals surface area contributed by atoms with Crippen LogP contribution in [0.4, 0.5) is 0 Å². The fraction of sp³-hybridized carbons (Fsp3) is 0.346. The van der Waals surface area contributed by atoms with Crippen molar-refractivity contribution in [2.45, 2.75) is 25.8 Å². The van der Waals surface area contributed by atoms with Gasteiger partial charge in [-0.15, -0.1) is 0 Å². The first kappa shape index (κ1) is 21.4. The minimum atomic E-state index is -0.0995. The third-order valence-corrected chi connectivity index (χ3v) is 6.47. The molecule has 3 aromatic rings. The topological polar surface area (TPSA) is 75.9 Å². The number of nitrogens with zero attached hydrogens (tertiary/aromatic N) is 3. The maximum atomic E-state index is 12.6. The molecule has 2 amide bonds. The smallest absolute Gasteiger partial charge is 0.251 e. The van der Waals surface area contributed by atoms with Crippen LogP contribution in [0.3, 0.4) is 0 Å². The zero-order valence-electron chi connectivity index (χ0n) is 18.6. The predicted molar refractivity (Wildman–Crippen MR) is 126 cm³/mol. The Labute approximate surface area is 193 Å². The van der Waals surface area contributed by atoms with E-state index in [0.29, 0.717) is 37.6 Å². The molecular formula is C26H28N4O3. The van der Waals surface area contributed by atoms with Crippen LogP contribution in [-0.2, 0) is 16.1 Å². The van der Waals surface area contributed by atoms with E-state index in [1.807, 2.05) is 58.1 Å². The molecule has 7 nitrogen and oxygen atoms in total. The third kappa shape index (κ3) is 4.98. The first-order chi connectivity index (χ1) is 16.2. The Bertz CT molecular complexity index is 1180. The Kier molecular flexibility index (Phi) is 6.21. The molecule has 7 heteroatoms. The van der Waals surface area contributed by atoms with Gasteiger partial charge in [-0.3, -0.25) is 9.59 Å². The number of aromatic nitrogens is 2. The SMILES string of the molecule is O=C(NCc1ccc2nccn2c1)c1ccc(C2=CCN(C(=O)CC3CCOC3)CC2)cc1. The molecule has 4 heterocycles. The van der Waals surface area contributed by atoms with Crippen LogP contribution in [0.5, 0.6) is 0 Å². The van der Waals surface area contributed by atoms with Crippen LogP contribution in [0, 0.1) is 5.92 Å². The summed E-state index contributed by atoms with van der Waals surface area (Å²) < 4.78 is 7.32. The summed E-state index contributed by atoms with van der Waals surface area (Å²) in [6.07, 6.45) is 10.1. The van der Waals surface area contributed by atoms with Gasteiger partial charge in [-0.05, 0) is 53.7 Å². The normalized spacial score (nSPS) is 18.4. The molecule has 2 aromatic heterocycles. The second-order valence-electron chi connectivity index (χ2n) is 8.74. The summed E-state index contributed by atoms with van der Waals surface area (Å²) in [7, 11) is 0. The zero-order chi connectivity index (χ0) is 22.6. The van der Waals surface area contributed by atoms with Crippen molar-refractivity contribution >= 4 is 23.0 Å². The van der Waals surface area contributed by atoms with Gasteiger partial charge < -0.3 is 19.4 Å². The van der Waals surface area contributed by atoms with Crippen molar-refractivity contribution in [3.63, 3.8) is 0 Å². The standard InChI is InChI=1S/C26H28N4O3/c31-25(15-19-9-14-33-18-19)29-11-7-22(8-12-29)21-2-4-23(5-3-21)26(32)28-16-20-1-6-24-27-10-13-30(24)17-20/h1-7,10,13,17,19H,8-9,11-12,14-16,18H2,(H,28,32). The van der Waals surface area contributed by atoms with Crippen molar-refractivity contribution in [2.75, 3.05) is 26.3 Å². The molecule has 1 unspecified atom stereocenters. The van der Waals surface area contributed by atoms with Crippen LogP contribution in [0.1, 0.15) is 40.7 Å². The number of carbonyl (C=O) groups is 2. The van der Waals surface area contributed by atoms with E-state index in [2.05, 4.69) is 16.4 Å². The average Bonchev–Trinajstić information content (AvgIpc) is 3.54. The van der Waals surface area contributed by atoms with Gasteiger partial charge in [0.25, 0.3) is 5.91 Å². The average molecular weight is 445 g/mol. The first-order valence-electron chi connectivity index (χ1n) is 11.5. The molecule has 1 aromatic carbocycles. The molecule has 0 spiro atoms. The number of pyridine rings is 1. The summed E-state index contributed by atoms with van der Waals surface area (Å²) in [5, 5.41) is 2.98. The van der Waals surface area contributed by atoms with Gasteiger partial charge in [-0.25, -0.2) is 4.98 Å². The highest BCUT2D eigenvalue weighted by Gasteiger charge is 2.24. The lowest BCUT2D eigenvalue weighted by atomic mass is 9.97. The number of nitrogens with one attached hydrogen (secondary N) is 1. The van der Waals surface area contributed by atoms with E-state index in [-0.39, 0.29) is 11.8 Å². The van der Waals surface area contributed by atoms with Gasteiger partial charge in [-0.1, -0.05) is 24.3 Å². The number of benzene rings is 1. The monoisotopic (exact) mass is 444 g/mol. The van der Waals surface area contributed by atoms with E-state index in [1.165, 1.54) is 5.57 Å². The second kappa shape index (κ2) is 9.58. The Morgan fingerprint density at radius 1 is 1.15 bits per heavy atom. The number of hydrogen-bond acceptors (Lipinski definition) is 4. The Balaban J connectivity index is 1.15. The van der Waals surface area contributed by atoms with E-state index in [0.717, 1.165) is 42.8 Å². The summed E-state index contributed by atoms with van der Waals surface area (Å²) in [5.41, 5.74) is 4.86. The van der Waals surface area contributed by atoms with Crippen LogP contribution < -0.4 is 5.32 Å². The molecule has 0 aliphatic carbocycles. The lowest BCUT2D eigenvalue weighted by molar-refractivity contribution is -0.131. The molecular weight excluding hydrogens is 416 g/mol. The van der Waals surface area contributed by atoms with Gasteiger partial charge in [0.15, 0.2) is 0 Å². The van der Waals surface area contributed by atoms with Gasteiger partial charge in [0.1, 0.15) is 5.65 Å². The highest BCUT2D eigenvalue weighted by atomic mass is 16.5. The van der Waals surface area contributed by atoms with Gasteiger partial charge in [0.2, 0.25) is 5.91 Å². The number of ether oxygens (including phenoxy) is 1. The molecule has 1 N–H and O–H groups in total. The van der Waals surface area contributed by atoms with E-state index < -0.39 is 0 Å². The van der Waals surface area contributed by atoms with Gasteiger partial charge in [-0.2, -0.15) is 0 Å². The Hall–Kier alpha value is -3.45. The van der Waals surface area contributed by atoms with Crippen LogP contribution >= 0.6 is 0 Å². The second-order valence-corrected chi connectivity index (χ2v) is 8.74. The Morgan fingerprint density at radius 2 is 2.03 bits per heavy atom. The number of rotatable bonds is 6. The van der Waals surface area contributed by atoms with Crippen molar-refractivity contribution in [3.8, 4) is 0 Å². The summed E-state index contributed by atoms with van der Waals surface area (Å²) in [5.74, 6) is 0.493. The van der Waals surface area contributed by atoms with Crippen molar-refractivity contribution < 1.29 is 14.3 Å². The first-order valence-corrected chi connectivity index (χ1v) is 11.5. The quantitative estimate of drug-likeness (QED) is 0.633.